The predicted molar refractivity (Wildman–Crippen MR) is 101 cm³/mol. The third-order valence-electron chi connectivity index (χ3n) is 3.97. The molecule has 0 aliphatic rings. The first-order valence-corrected chi connectivity index (χ1v) is 10.2. The summed E-state index contributed by atoms with van der Waals surface area (Å²) in [7, 11) is -0.257. The molecule has 0 aliphatic heterocycles. The first-order valence-electron chi connectivity index (χ1n) is 7.70. The van der Waals surface area contributed by atoms with Crippen molar-refractivity contribution in [2.24, 2.45) is 0 Å². The minimum Gasteiger partial charge on any atom is -0.456 e. The Hall–Kier alpha value is -2.29. The monoisotopic (exact) mass is 437 g/mol. The molecule has 0 heterocycles. The number of nitrogens with one attached hydrogen (secondary N) is 1. The van der Waals surface area contributed by atoms with E-state index in [2.05, 4.69) is 5.09 Å². The fraction of sp³-hybridized carbons (Fsp3) is 0.250. The number of ether oxygens (including phenoxy) is 1. The summed E-state index contributed by atoms with van der Waals surface area (Å²) in [5.41, 5.74) is -1.24. The zero-order valence-corrected chi connectivity index (χ0v) is 16.6. The molecular weight excluding hydrogens is 422 g/mol. The van der Waals surface area contributed by atoms with Crippen LogP contribution < -0.4 is 14.5 Å². The number of hydrogen-bond donors (Lipinski definition) is 1. The minimum atomic E-state index is -4.55. The molecule has 0 fully saturated rings. The predicted octanol–water partition coefficient (Wildman–Crippen LogP) is 5.54. The first-order chi connectivity index (χ1) is 12.9. The van der Waals surface area contributed by atoms with Crippen molar-refractivity contribution in [1.29, 1.82) is 0 Å². The fourth-order valence-corrected chi connectivity index (χ4v) is 3.31. The molecule has 12 heteroatoms. The Labute approximate surface area is 163 Å². The van der Waals surface area contributed by atoms with Crippen molar-refractivity contribution in [3.8, 4) is 11.5 Å². The topological polar surface area (TPSA) is 84.7 Å². The van der Waals surface area contributed by atoms with Gasteiger partial charge in [-0.2, -0.15) is 13.2 Å². The molecule has 1 atom stereocenters. The summed E-state index contributed by atoms with van der Waals surface area (Å²) in [6, 6.07) is 6.25. The fourth-order valence-electron chi connectivity index (χ4n) is 2.22. The molecule has 2 rings (SSSR count). The lowest BCUT2D eigenvalue weighted by Crippen LogP contribution is -2.21. The Kier molecular flexibility index (Phi) is 6.27. The summed E-state index contributed by atoms with van der Waals surface area (Å²) in [6.45, 7) is 1.39. The van der Waals surface area contributed by atoms with Gasteiger partial charge in [0.05, 0.1) is 15.5 Å². The second kappa shape index (κ2) is 7.98. The number of nitrogens with zero attached hydrogens (tertiary/aromatic N) is 2. The third-order valence-corrected chi connectivity index (χ3v) is 6.45. The molecule has 0 saturated carbocycles. The van der Waals surface area contributed by atoms with E-state index < -0.39 is 24.1 Å². The molecule has 1 unspecified atom stereocenters. The van der Waals surface area contributed by atoms with Crippen molar-refractivity contribution in [2.75, 3.05) is 25.4 Å². The highest BCUT2D eigenvalue weighted by atomic mass is 35.5. The molecule has 0 aromatic heterocycles. The Morgan fingerprint density at radius 1 is 1.25 bits per heavy atom. The van der Waals surface area contributed by atoms with Crippen molar-refractivity contribution >= 4 is 30.4 Å². The Balaban J connectivity index is 2.44. The van der Waals surface area contributed by atoms with Crippen LogP contribution in [0.15, 0.2) is 36.4 Å². The van der Waals surface area contributed by atoms with E-state index >= 15 is 0 Å². The highest BCUT2D eigenvalue weighted by Crippen LogP contribution is 2.47. The van der Waals surface area contributed by atoms with Gasteiger partial charge in [0.1, 0.15) is 17.2 Å². The standard InChI is InChI=1S/C16H16ClF3N3O4P/c1-21-28(3,26)22(2)14-9-11(5-6-13(14)23(24)25)27-15-7-4-10(8-12(15)17)16(18,19)20/h4-9H,1-3H3,(H,21,26). The average molecular weight is 438 g/mol. The molecule has 0 saturated heterocycles. The van der Waals surface area contributed by atoms with Gasteiger partial charge in [0.2, 0.25) is 7.44 Å². The summed E-state index contributed by atoms with van der Waals surface area (Å²) in [6.07, 6.45) is -4.55. The molecule has 152 valence electrons. The highest BCUT2D eigenvalue weighted by molar-refractivity contribution is 7.62. The molecule has 0 radical (unpaired) electrons. The van der Waals surface area contributed by atoms with E-state index in [0.29, 0.717) is 0 Å². The van der Waals surface area contributed by atoms with Gasteiger partial charge in [0, 0.05) is 25.8 Å². The van der Waals surface area contributed by atoms with Crippen LogP contribution in [0.4, 0.5) is 24.5 Å². The normalized spacial score (nSPS) is 13.7. The molecule has 0 aliphatic carbocycles. The maximum atomic E-state index is 12.7. The zero-order valence-electron chi connectivity index (χ0n) is 15.0. The van der Waals surface area contributed by atoms with E-state index in [4.69, 9.17) is 16.3 Å². The molecule has 28 heavy (non-hydrogen) atoms. The number of anilines is 1. The molecule has 2 aromatic carbocycles. The molecule has 1 N–H and O–H groups in total. The van der Waals surface area contributed by atoms with E-state index in [0.717, 1.165) is 24.3 Å². The summed E-state index contributed by atoms with van der Waals surface area (Å²) in [5.74, 6) is 0.00984. The molecule has 0 spiro atoms. The number of hydrogen-bond acceptors (Lipinski definition) is 4. The van der Waals surface area contributed by atoms with Crippen molar-refractivity contribution in [1.82, 2.24) is 5.09 Å². The first kappa shape index (κ1) is 22.0. The molecule has 0 bridgehead atoms. The van der Waals surface area contributed by atoms with E-state index in [1.165, 1.54) is 37.6 Å². The van der Waals surface area contributed by atoms with E-state index in [1.807, 2.05) is 0 Å². The maximum absolute atomic E-state index is 12.7. The lowest BCUT2D eigenvalue weighted by atomic mass is 10.2. The quantitative estimate of drug-likeness (QED) is 0.363. The van der Waals surface area contributed by atoms with Crippen molar-refractivity contribution < 1.29 is 27.4 Å². The van der Waals surface area contributed by atoms with Gasteiger partial charge in [-0.05, 0) is 31.3 Å². The van der Waals surface area contributed by atoms with Crippen LogP contribution in [0.1, 0.15) is 5.56 Å². The van der Waals surface area contributed by atoms with Crippen LogP contribution in [-0.4, -0.2) is 25.7 Å². The lowest BCUT2D eigenvalue weighted by molar-refractivity contribution is -0.384. The number of rotatable bonds is 6. The smallest absolute Gasteiger partial charge is 0.416 e. The van der Waals surface area contributed by atoms with Gasteiger partial charge in [-0.15, -0.1) is 0 Å². The van der Waals surface area contributed by atoms with Crippen LogP contribution in [0.3, 0.4) is 0 Å². The Morgan fingerprint density at radius 2 is 1.89 bits per heavy atom. The molecule has 2 aromatic rings. The SMILES string of the molecule is CNP(C)(=O)N(C)c1cc(Oc2ccc(C(F)(F)F)cc2Cl)ccc1[N+](=O)[O-]. The van der Waals surface area contributed by atoms with Crippen molar-refractivity contribution in [3.05, 3.63) is 57.1 Å². The number of halogens is 4. The van der Waals surface area contributed by atoms with Gasteiger partial charge in [0.15, 0.2) is 0 Å². The second-order valence-electron chi connectivity index (χ2n) is 5.78. The van der Waals surface area contributed by atoms with Crippen LogP contribution in [0, 0.1) is 10.1 Å². The largest absolute Gasteiger partial charge is 0.456 e. The number of benzene rings is 2. The second-order valence-corrected chi connectivity index (χ2v) is 8.99. The highest BCUT2D eigenvalue weighted by Gasteiger charge is 2.31. The van der Waals surface area contributed by atoms with E-state index in [1.54, 1.807) is 0 Å². The minimum absolute atomic E-state index is 0.00529. The number of alkyl halides is 3. The van der Waals surface area contributed by atoms with Gasteiger partial charge < -0.3 is 9.41 Å². The third kappa shape index (κ3) is 4.76. The zero-order chi connectivity index (χ0) is 21.3. The van der Waals surface area contributed by atoms with Crippen LogP contribution >= 0.6 is 19.0 Å². The Morgan fingerprint density at radius 3 is 2.39 bits per heavy atom. The average Bonchev–Trinajstić information content (AvgIpc) is 2.61. The molecule has 0 amide bonds. The van der Waals surface area contributed by atoms with Gasteiger partial charge in [-0.25, -0.2) is 0 Å². The Bertz CT molecular complexity index is 955. The van der Waals surface area contributed by atoms with E-state index in [-0.39, 0.29) is 27.9 Å². The van der Waals surface area contributed by atoms with Crippen molar-refractivity contribution in [3.63, 3.8) is 0 Å². The molecule has 7 nitrogen and oxygen atoms in total. The van der Waals surface area contributed by atoms with Crippen LogP contribution in [0.25, 0.3) is 0 Å². The lowest BCUT2D eigenvalue weighted by Gasteiger charge is -2.26. The summed E-state index contributed by atoms with van der Waals surface area (Å²) in [4.78, 5) is 10.7. The van der Waals surface area contributed by atoms with Crippen LogP contribution in [-0.2, 0) is 10.7 Å². The van der Waals surface area contributed by atoms with Gasteiger partial charge in [-0.1, -0.05) is 11.6 Å². The number of nitro benzene ring substituents is 1. The van der Waals surface area contributed by atoms with Crippen LogP contribution in [0.2, 0.25) is 5.02 Å². The summed E-state index contributed by atoms with van der Waals surface area (Å²) >= 11 is 5.87. The van der Waals surface area contributed by atoms with Crippen molar-refractivity contribution in [2.45, 2.75) is 6.18 Å². The maximum Gasteiger partial charge on any atom is 0.416 e. The summed E-state index contributed by atoms with van der Waals surface area (Å²) < 4.78 is 57.4. The summed E-state index contributed by atoms with van der Waals surface area (Å²) in [5, 5.41) is 13.6. The van der Waals surface area contributed by atoms with Gasteiger partial charge in [-0.3, -0.25) is 19.8 Å². The van der Waals surface area contributed by atoms with Crippen LogP contribution in [0.5, 0.6) is 11.5 Å². The van der Waals surface area contributed by atoms with Gasteiger partial charge in [0.25, 0.3) is 5.69 Å². The molecular formula is C16H16ClF3N3O4P. The van der Waals surface area contributed by atoms with E-state index in [9.17, 15) is 27.9 Å². The number of nitro groups is 1. The van der Waals surface area contributed by atoms with Gasteiger partial charge >= 0.3 is 6.18 Å².